The molecule has 0 radical (unpaired) electrons. The number of nitrogens with zero attached hydrogens (tertiary/aromatic N) is 3. The molecule has 0 fully saturated rings. The largest absolute Gasteiger partial charge is 0.368 e. The molecule has 0 spiro atoms. The van der Waals surface area contributed by atoms with Gasteiger partial charge in [0.2, 0.25) is 5.91 Å². The summed E-state index contributed by atoms with van der Waals surface area (Å²) in [5.41, 5.74) is 5.22. The summed E-state index contributed by atoms with van der Waals surface area (Å²) in [4.78, 5) is 11.1. The Bertz CT molecular complexity index is 402. The molecule has 1 aromatic heterocycles. The Kier molecular flexibility index (Phi) is 3.56. The molecule has 0 aromatic carbocycles. The van der Waals surface area contributed by atoms with Crippen molar-refractivity contribution in [2.75, 3.05) is 0 Å². The molecule has 0 saturated heterocycles. The van der Waals surface area contributed by atoms with Crippen molar-refractivity contribution in [3.05, 3.63) is 11.9 Å². The molecule has 0 aliphatic carbocycles. The van der Waals surface area contributed by atoms with E-state index >= 15 is 0 Å². The van der Waals surface area contributed by atoms with Crippen LogP contribution in [0.2, 0.25) is 0 Å². The molecule has 0 aliphatic heterocycles. The van der Waals surface area contributed by atoms with Gasteiger partial charge in [-0.05, 0) is 34.6 Å². The zero-order chi connectivity index (χ0) is 13.3. The fourth-order valence-corrected chi connectivity index (χ4v) is 1.11. The topological polar surface area (TPSA) is 85.8 Å². The van der Waals surface area contributed by atoms with Crippen LogP contribution in [0.4, 0.5) is 0 Å². The molecule has 1 heterocycles. The van der Waals surface area contributed by atoms with Gasteiger partial charge in [-0.3, -0.25) is 10.1 Å². The lowest BCUT2D eigenvalue weighted by atomic mass is 10.1. The van der Waals surface area contributed by atoms with Crippen LogP contribution in [0.25, 0.3) is 0 Å². The number of aromatic nitrogens is 3. The molecule has 6 heteroatoms. The predicted octanol–water partition coefficient (Wildman–Crippen LogP) is 0.387. The zero-order valence-corrected chi connectivity index (χ0v) is 11.1. The summed E-state index contributed by atoms with van der Waals surface area (Å²) in [6.45, 7) is 10.1. The highest BCUT2D eigenvalue weighted by Crippen LogP contribution is 2.12. The molecular weight excluding hydrogens is 218 g/mol. The van der Waals surface area contributed by atoms with Crippen molar-refractivity contribution in [3.8, 4) is 0 Å². The quantitative estimate of drug-likeness (QED) is 0.795. The van der Waals surface area contributed by atoms with Gasteiger partial charge in [-0.2, -0.15) is 0 Å². The summed E-state index contributed by atoms with van der Waals surface area (Å²) in [5, 5.41) is 11.1. The second-order valence-corrected chi connectivity index (χ2v) is 5.67. The van der Waals surface area contributed by atoms with Gasteiger partial charge in [0.25, 0.3) is 0 Å². The van der Waals surface area contributed by atoms with Crippen LogP contribution >= 0.6 is 0 Å². The Morgan fingerprint density at radius 1 is 1.41 bits per heavy atom. The van der Waals surface area contributed by atoms with Gasteiger partial charge in [-0.15, -0.1) is 5.10 Å². The van der Waals surface area contributed by atoms with E-state index < -0.39 is 5.54 Å². The SMILES string of the molecule is CC(C)(NCc1cn(C(C)(C)C)nn1)C(N)=O. The molecule has 0 aliphatic rings. The van der Waals surface area contributed by atoms with E-state index in [4.69, 9.17) is 5.73 Å². The number of primary amides is 1. The fourth-order valence-electron chi connectivity index (χ4n) is 1.11. The molecule has 3 N–H and O–H groups in total. The zero-order valence-electron chi connectivity index (χ0n) is 11.1. The third-order valence-electron chi connectivity index (χ3n) is 2.56. The predicted molar refractivity (Wildman–Crippen MR) is 65.1 cm³/mol. The van der Waals surface area contributed by atoms with Crippen LogP contribution in [0.1, 0.15) is 40.3 Å². The van der Waals surface area contributed by atoms with Gasteiger partial charge >= 0.3 is 0 Å². The minimum absolute atomic E-state index is 0.0928. The molecule has 6 nitrogen and oxygen atoms in total. The van der Waals surface area contributed by atoms with Gasteiger partial charge in [-0.25, -0.2) is 4.68 Å². The number of amides is 1. The molecular formula is C11H21N5O. The lowest BCUT2D eigenvalue weighted by Crippen LogP contribution is -2.50. The lowest BCUT2D eigenvalue weighted by Gasteiger charge is -2.21. The Morgan fingerprint density at radius 3 is 2.41 bits per heavy atom. The van der Waals surface area contributed by atoms with Crippen LogP contribution in [-0.4, -0.2) is 26.4 Å². The first-order valence-corrected chi connectivity index (χ1v) is 5.59. The van der Waals surface area contributed by atoms with Crippen molar-refractivity contribution in [2.45, 2.75) is 52.2 Å². The lowest BCUT2D eigenvalue weighted by molar-refractivity contribution is -0.123. The van der Waals surface area contributed by atoms with Crippen molar-refractivity contribution in [1.82, 2.24) is 20.3 Å². The standard InChI is InChI=1S/C11H21N5O/c1-10(2,3)16-7-8(14-15-16)6-13-11(4,5)9(12)17/h7,13H,6H2,1-5H3,(H2,12,17). The van der Waals surface area contributed by atoms with Crippen molar-refractivity contribution < 1.29 is 4.79 Å². The van der Waals surface area contributed by atoms with Crippen LogP contribution in [-0.2, 0) is 16.9 Å². The molecule has 0 saturated carbocycles. The first-order chi connectivity index (χ1) is 7.63. The Labute approximate surface area is 102 Å². The van der Waals surface area contributed by atoms with Crippen molar-refractivity contribution in [1.29, 1.82) is 0 Å². The van der Waals surface area contributed by atoms with Crippen LogP contribution in [0, 0.1) is 0 Å². The van der Waals surface area contributed by atoms with E-state index in [0.29, 0.717) is 6.54 Å². The van der Waals surface area contributed by atoms with Gasteiger partial charge in [0.1, 0.15) is 0 Å². The third-order valence-corrected chi connectivity index (χ3v) is 2.56. The van der Waals surface area contributed by atoms with Gasteiger partial charge in [0.15, 0.2) is 0 Å². The molecule has 0 atom stereocenters. The van der Waals surface area contributed by atoms with Gasteiger partial charge in [-0.1, -0.05) is 5.21 Å². The second kappa shape index (κ2) is 4.44. The first kappa shape index (κ1) is 13.6. The highest BCUT2D eigenvalue weighted by Gasteiger charge is 2.24. The Morgan fingerprint density at radius 2 is 2.00 bits per heavy atom. The maximum absolute atomic E-state index is 11.1. The van der Waals surface area contributed by atoms with E-state index in [1.165, 1.54) is 0 Å². The third kappa shape index (κ3) is 3.52. The van der Waals surface area contributed by atoms with Crippen LogP contribution in [0.5, 0.6) is 0 Å². The monoisotopic (exact) mass is 239 g/mol. The minimum atomic E-state index is -0.745. The number of hydrogen-bond acceptors (Lipinski definition) is 4. The molecule has 0 unspecified atom stereocenters. The second-order valence-electron chi connectivity index (χ2n) is 5.67. The maximum atomic E-state index is 11.1. The average Bonchev–Trinajstić information content (AvgIpc) is 2.62. The molecule has 1 amide bonds. The highest BCUT2D eigenvalue weighted by atomic mass is 16.1. The summed E-state index contributed by atoms with van der Waals surface area (Å²) < 4.78 is 1.79. The van der Waals surface area contributed by atoms with E-state index in [-0.39, 0.29) is 11.4 Å². The summed E-state index contributed by atoms with van der Waals surface area (Å²) in [6, 6.07) is 0. The molecule has 1 aromatic rings. The van der Waals surface area contributed by atoms with Crippen molar-refractivity contribution in [2.24, 2.45) is 5.73 Å². The highest BCUT2D eigenvalue weighted by molar-refractivity contribution is 5.83. The van der Waals surface area contributed by atoms with Crippen molar-refractivity contribution >= 4 is 5.91 Å². The number of carbonyl (C=O) groups is 1. The molecule has 0 bridgehead atoms. The van der Waals surface area contributed by atoms with Crippen LogP contribution < -0.4 is 11.1 Å². The number of nitrogens with one attached hydrogen (secondary N) is 1. The Balaban J connectivity index is 2.66. The average molecular weight is 239 g/mol. The smallest absolute Gasteiger partial charge is 0.237 e. The van der Waals surface area contributed by atoms with E-state index in [2.05, 4.69) is 15.6 Å². The maximum Gasteiger partial charge on any atom is 0.237 e. The Hall–Kier alpha value is -1.43. The molecule has 17 heavy (non-hydrogen) atoms. The van der Waals surface area contributed by atoms with Gasteiger partial charge in [0.05, 0.1) is 23.0 Å². The number of nitrogens with two attached hydrogens (primary N) is 1. The fraction of sp³-hybridized carbons (Fsp3) is 0.727. The number of rotatable bonds is 4. The normalized spacial score (nSPS) is 12.8. The van der Waals surface area contributed by atoms with Gasteiger partial charge in [0, 0.05) is 6.54 Å². The van der Waals surface area contributed by atoms with Gasteiger partial charge < -0.3 is 5.73 Å². The first-order valence-electron chi connectivity index (χ1n) is 5.59. The van der Waals surface area contributed by atoms with E-state index in [9.17, 15) is 4.79 Å². The summed E-state index contributed by atoms with van der Waals surface area (Å²) in [7, 11) is 0. The van der Waals surface area contributed by atoms with E-state index in [0.717, 1.165) is 5.69 Å². The van der Waals surface area contributed by atoms with Crippen molar-refractivity contribution in [3.63, 3.8) is 0 Å². The summed E-state index contributed by atoms with van der Waals surface area (Å²) in [6.07, 6.45) is 1.87. The minimum Gasteiger partial charge on any atom is -0.368 e. The van der Waals surface area contributed by atoms with E-state index in [1.807, 2.05) is 27.0 Å². The molecule has 1 rings (SSSR count). The number of hydrogen-bond donors (Lipinski definition) is 2. The summed E-state index contributed by atoms with van der Waals surface area (Å²) >= 11 is 0. The van der Waals surface area contributed by atoms with Crippen LogP contribution in [0.15, 0.2) is 6.20 Å². The van der Waals surface area contributed by atoms with E-state index in [1.54, 1.807) is 18.5 Å². The number of carbonyl (C=O) groups excluding carboxylic acids is 1. The van der Waals surface area contributed by atoms with Crippen LogP contribution in [0.3, 0.4) is 0 Å². The summed E-state index contributed by atoms with van der Waals surface area (Å²) in [5.74, 6) is -0.388. The molecule has 96 valence electrons.